The minimum absolute atomic E-state index is 0.0211. The summed E-state index contributed by atoms with van der Waals surface area (Å²) in [5.41, 5.74) is 0.192. The molecule has 4 nitrogen and oxygen atoms in total. The van der Waals surface area contributed by atoms with E-state index >= 15 is 0 Å². The molecule has 1 amide bonds. The summed E-state index contributed by atoms with van der Waals surface area (Å²) in [6.07, 6.45) is -1.17. The van der Waals surface area contributed by atoms with Gasteiger partial charge in [0.05, 0.1) is 5.56 Å². The number of allylic oxidation sites excluding steroid dienone is 1. The van der Waals surface area contributed by atoms with Crippen LogP contribution in [0.15, 0.2) is 30.0 Å². The third kappa shape index (κ3) is 4.71. The molecule has 0 spiro atoms. The van der Waals surface area contributed by atoms with E-state index in [-0.39, 0.29) is 5.91 Å². The second kappa shape index (κ2) is 7.02. The van der Waals surface area contributed by atoms with E-state index in [0.717, 1.165) is 24.3 Å². The van der Waals surface area contributed by atoms with Gasteiger partial charge in [-0.1, -0.05) is 5.57 Å². The highest BCUT2D eigenvalue weighted by Gasteiger charge is 2.31. The zero-order chi connectivity index (χ0) is 17.0. The number of pyridine rings is 1. The van der Waals surface area contributed by atoms with Gasteiger partial charge in [-0.25, -0.2) is 4.98 Å². The zero-order valence-electron chi connectivity index (χ0n) is 13.2. The van der Waals surface area contributed by atoms with Crippen molar-refractivity contribution in [3.8, 4) is 0 Å². The molecule has 0 aromatic carbocycles. The van der Waals surface area contributed by atoms with Crippen LogP contribution in [-0.4, -0.2) is 42.0 Å². The fourth-order valence-electron chi connectivity index (χ4n) is 2.45. The van der Waals surface area contributed by atoms with Gasteiger partial charge in [0.1, 0.15) is 5.82 Å². The lowest BCUT2D eigenvalue weighted by Crippen LogP contribution is -2.34. The minimum atomic E-state index is -4.38. The number of hydrogen-bond donors (Lipinski definition) is 0. The molecule has 126 valence electrons. The second-order valence-electron chi connectivity index (χ2n) is 5.79. The number of halogens is 3. The fraction of sp³-hybridized carbons (Fsp3) is 0.500. The van der Waals surface area contributed by atoms with Crippen molar-refractivity contribution in [3.05, 3.63) is 35.5 Å². The van der Waals surface area contributed by atoms with Crippen LogP contribution in [0.25, 0.3) is 0 Å². The molecule has 0 radical (unpaired) electrons. The summed E-state index contributed by atoms with van der Waals surface area (Å²) < 4.78 is 37.7. The number of anilines is 1. The molecule has 1 fully saturated rings. The third-order valence-electron chi connectivity index (χ3n) is 3.62. The number of alkyl halides is 3. The highest BCUT2D eigenvalue weighted by Crippen LogP contribution is 2.29. The Balaban J connectivity index is 2.03. The number of amides is 1. The lowest BCUT2D eigenvalue weighted by Gasteiger charge is -2.22. The van der Waals surface area contributed by atoms with Gasteiger partial charge in [0.25, 0.3) is 0 Å². The summed E-state index contributed by atoms with van der Waals surface area (Å²) in [6.45, 7) is 6.13. The van der Waals surface area contributed by atoms with Gasteiger partial charge in [0.2, 0.25) is 5.91 Å². The van der Waals surface area contributed by atoms with Crippen LogP contribution in [0, 0.1) is 0 Å². The fourth-order valence-corrected chi connectivity index (χ4v) is 2.45. The van der Waals surface area contributed by atoms with E-state index in [1.165, 1.54) is 6.07 Å². The third-order valence-corrected chi connectivity index (χ3v) is 3.62. The van der Waals surface area contributed by atoms with E-state index in [4.69, 9.17) is 0 Å². The Morgan fingerprint density at radius 3 is 2.48 bits per heavy atom. The van der Waals surface area contributed by atoms with Gasteiger partial charge in [-0.15, -0.1) is 0 Å². The molecule has 7 heteroatoms. The number of aromatic nitrogens is 1. The van der Waals surface area contributed by atoms with Crippen molar-refractivity contribution in [1.82, 2.24) is 9.88 Å². The number of carbonyl (C=O) groups is 1. The maximum Gasteiger partial charge on any atom is 0.417 e. The predicted molar refractivity (Wildman–Crippen MR) is 82.1 cm³/mol. The van der Waals surface area contributed by atoms with Crippen molar-refractivity contribution >= 4 is 11.7 Å². The van der Waals surface area contributed by atoms with Gasteiger partial charge in [0, 0.05) is 38.5 Å². The Labute approximate surface area is 133 Å². The topological polar surface area (TPSA) is 36.4 Å². The van der Waals surface area contributed by atoms with Gasteiger partial charge in [-0.3, -0.25) is 4.79 Å². The van der Waals surface area contributed by atoms with Crippen molar-refractivity contribution < 1.29 is 18.0 Å². The first-order valence-electron chi connectivity index (χ1n) is 7.49. The Hall–Kier alpha value is -2.05. The SMILES string of the molecule is CC(C)=CC(=O)N1CCCN(c2ccc(C(F)(F)F)cn2)CC1. The van der Waals surface area contributed by atoms with Gasteiger partial charge >= 0.3 is 6.18 Å². The summed E-state index contributed by atoms with van der Waals surface area (Å²) in [7, 11) is 0. The van der Waals surface area contributed by atoms with Crippen LogP contribution in [0.3, 0.4) is 0 Å². The number of rotatable bonds is 2. The molecule has 1 aliphatic heterocycles. The minimum Gasteiger partial charge on any atom is -0.355 e. The summed E-state index contributed by atoms with van der Waals surface area (Å²) >= 11 is 0. The summed E-state index contributed by atoms with van der Waals surface area (Å²) in [5, 5.41) is 0. The van der Waals surface area contributed by atoms with Gasteiger partial charge in [0.15, 0.2) is 0 Å². The molecule has 1 saturated heterocycles. The molecule has 0 unspecified atom stereocenters. The van der Waals surface area contributed by atoms with E-state index in [0.29, 0.717) is 32.0 Å². The van der Waals surface area contributed by atoms with Crippen molar-refractivity contribution in [2.24, 2.45) is 0 Å². The van der Waals surface area contributed by atoms with Crippen molar-refractivity contribution in [2.45, 2.75) is 26.4 Å². The van der Waals surface area contributed by atoms with Crippen molar-refractivity contribution in [2.75, 3.05) is 31.1 Å². The predicted octanol–water partition coefficient (Wildman–Crippen LogP) is 3.11. The van der Waals surface area contributed by atoms with Crippen LogP contribution in [0.5, 0.6) is 0 Å². The Bertz CT molecular complexity index is 577. The van der Waals surface area contributed by atoms with Crippen LogP contribution in [0.1, 0.15) is 25.8 Å². The van der Waals surface area contributed by atoms with E-state index < -0.39 is 11.7 Å². The van der Waals surface area contributed by atoms with Gasteiger partial charge < -0.3 is 9.80 Å². The lowest BCUT2D eigenvalue weighted by molar-refractivity contribution is -0.137. The maximum absolute atomic E-state index is 12.6. The van der Waals surface area contributed by atoms with Gasteiger partial charge in [-0.05, 0) is 32.4 Å². The molecule has 1 aromatic rings. The van der Waals surface area contributed by atoms with Crippen molar-refractivity contribution in [1.29, 1.82) is 0 Å². The molecule has 2 heterocycles. The molecule has 0 atom stereocenters. The van der Waals surface area contributed by atoms with E-state index in [1.54, 1.807) is 11.0 Å². The monoisotopic (exact) mass is 327 g/mol. The summed E-state index contributed by atoms with van der Waals surface area (Å²) in [5.74, 6) is 0.488. The van der Waals surface area contributed by atoms with Crippen LogP contribution < -0.4 is 4.90 Å². The average Bonchev–Trinajstić information content (AvgIpc) is 2.71. The van der Waals surface area contributed by atoms with E-state index in [9.17, 15) is 18.0 Å². The quantitative estimate of drug-likeness (QED) is 0.783. The first-order valence-corrected chi connectivity index (χ1v) is 7.49. The Morgan fingerprint density at radius 1 is 1.17 bits per heavy atom. The summed E-state index contributed by atoms with van der Waals surface area (Å²) in [4.78, 5) is 19.6. The highest BCUT2D eigenvalue weighted by atomic mass is 19.4. The molecular formula is C16H20F3N3O. The average molecular weight is 327 g/mol. The Kier molecular flexibility index (Phi) is 5.28. The number of carbonyl (C=O) groups excluding carboxylic acids is 1. The first-order chi connectivity index (χ1) is 10.8. The molecule has 0 aliphatic carbocycles. The van der Waals surface area contributed by atoms with Crippen LogP contribution in [-0.2, 0) is 11.0 Å². The van der Waals surface area contributed by atoms with Crippen LogP contribution in [0.4, 0.5) is 19.0 Å². The lowest BCUT2D eigenvalue weighted by atomic mass is 10.2. The molecule has 1 aromatic heterocycles. The number of nitrogens with zero attached hydrogens (tertiary/aromatic N) is 3. The molecule has 0 saturated carbocycles. The standard InChI is InChI=1S/C16H20F3N3O/c1-12(2)10-15(23)22-7-3-6-21(8-9-22)14-5-4-13(11-20-14)16(17,18)19/h4-5,10-11H,3,6-9H2,1-2H3. The maximum atomic E-state index is 12.6. The van der Waals surface area contributed by atoms with Crippen molar-refractivity contribution in [3.63, 3.8) is 0 Å². The van der Waals surface area contributed by atoms with Crippen LogP contribution in [0.2, 0.25) is 0 Å². The van der Waals surface area contributed by atoms with Gasteiger partial charge in [-0.2, -0.15) is 13.2 Å². The smallest absolute Gasteiger partial charge is 0.355 e. The molecule has 2 rings (SSSR count). The normalized spacial score (nSPS) is 16.0. The molecular weight excluding hydrogens is 307 g/mol. The van der Waals surface area contributed by atoms with E-state index in [1.807, 2.05) is 18.7 Å². The first kappa shape index (κ1) is 17.3. The molecule has 0 N–H and O–H groups in total. The number of hydrogen-bond acceptors (Lipinski definition) is 3. The molecule has 1 aliphatic rings. The largest absolute Gasteiger partial charge is 0.417 e. The second-order valence-corrected chi connectivity index (χ2v) is 5.79. The van der Waals surface area contributed by atoms with E-state index in [2.05, 4.69) is 4.98 Å². The summed E-state index contributed by atoms with van der Waals surface area (Å²) in [6, 6.07) is 2.43. The van der Waals surface area contributed by atoms with Crippen LogP contribution >= 0.6 is 0 Å². The Morgan fingerprint density at radius 2 is 1.91 bits per heavy atom. The molecule has 23 heavy (non-hydrogen) atoms. The zero-order valence-corrected chi connectivity index (χ0v) is 13.2. The molecule has 0 bridgehead atoms. The highest BCUT2D eigenvalue weighted by molar-refractivity contribution is 5.88.